The van der Waals surface area contributed by atoms with Crippen LogP contribution < -0.4 is 5.32 Å². The maximum absolute atomic E-state index is 12.5. The maximum Gasteiger partial charge on any atom is 0.224 e. The van der Waals surface area contributed by atoms with Crippen molar-refractivity contribution in [3.63, 3.8) is 0 Å². The van der Waals surface area contributed by atoms with E-state index in [4.69, 9.17) is 0 Å². The van der Waals surface area contributed by atoms with Crippen LogP contribution in [0, 0.1) is 5.92 Å². The lowest BCUT2D eigenvalue weighted by Gasteiger charge is -2.11. The van der Waals surface area contributed by atoms with Crippen LogP contribution in [-0.4, -0.2) is 23.3 Å². The molecule has 0 saturated heterocycles. The molecule has 0 bridgehead atoms. The molecule has 39 heavy (non-hydrogen) atoms. The van der Waals surface area contributed by atoms with Gasteiger partial charge in [-0.15, -0.1) is 0 Å². The minimum atomic E-state index is -0.0115. The lowest BCUT2D eigenvalue weighted by molar-refractivity contribution is -0.122. The van der Waals surface area contributed by atoms with E-state index >= 15 is 0 Å². The van der Waals surface area contributed by atoms with Gasteiger partial charge in [0.2, 0.25) is 5.91 Å². The van der Waals surface area contributed by atoms with E-state index in [9.17, 15) is 19.2 Å². The normalized spacial score (nSPS) is 11.3. The van der Waals surface area contributed by atoms with Crippen molar-refractivity contribution < 1.29 is 19.2 Å². The number of fused-ring (bicyclic) bond motifs is 1. The standard InChI is InChI=1S/C25H27NO2.C9H16O2/c1-3-8-24(27)23-14-13-18(15-19(23)4-2)16-25(28)26-17-21-11-7-10-20-9-5-6-12-22(20)21;1-4-9(11)6-5-7(2)8(3)10/h5-7,9-15H,3-4,8,16-17H2,1-2H3,(H,26,28);7H,4-6H2,1-3H3. The fourth-order valence-corrected chi connectivity index (χ4v) is 4.33. The average Bonchev–Trinajstić information content (AvgIpc) is 2.94. The molecule has 0 aliphatic heterocycles. The van der Waals surface area contributed by atoms with Gasteiger partial charge in [-0.3, -0.25) is 19.2 Å². The van der Waals surface area contributed by atoms with Gasteiger partial charge in [0.15, 0.2) is 5.78 Å². The molecular formula is C34H43NO4. The molecule has 0 saturated carbocycles. The number of aryl methyl sites for hydroxylation is 1. The first kappa shape index (κ1) is 31.6. The second-order valence-electron chi connectivity index (χ2n) is 10.1. The second kappa shape index (κ2) is 16.4. The van der Waals surface area contributed by atoms with E-state index in [1.165, 1.54) is 5.39 Å². The summed E-state index contributed by atoms with van der Waals surface area (Å²) in [4.78, 5) is 46.3. The number of hydrogen-bond donors (Lipinski definition) is 1. The van der Waals surface area contributed by atoms with Gasteiger partial charge in [-0.1, -0.05) is 88.4 Å². The maximum atomic E-state index is 12.5. The predicted molar refractivity (Wildman–Crippen MR) is 159 cm³/mol. The summed E-state index contributed by atoms with van der Waals surface area (Å²) in [6.07, 6.45) is 4.37. The Kier molecular flexibility index (Phi) is 13.3. The number of benzene rings is 3. The van der Waals surface area contributed by atoms with Crippen LogP contribution in [0.25, 0.3) is 10.8 Å². The highest BCUT2D eigenvalue weighted by molar-refractivity contribution is 5.97. The lowest BCUT2D eigenvalue weighted by atomic mass is 9.96. The van der Waals surface area contributed by atoms with Gasteiger partial charge >= 0.3 is 0 Å². The van der Waals surface area contributed by atoms with Gasteiger partial charge in [0, 0.05) is 37.3 Å². The Morgan fingerprint density at radius 2 is 1.56 bits per heavy atom. The van der Waals surface area contributed by atoms with Crippen LogP contribution in [0.5, 0.6) is 0 Å². The molecule has 5 nitrogen and oxygen atoms in total. The summed E-state index contributed by atoms with van der Waals surface area (Å²) in [6, 6.07) is 20.1. The minimum absolute atomic E-state index is 0.0115. The zero-order valence-corrected chi connectivity index (χ0v) is 24.1. The minimum Gasteiger partial charge on any atom is -0.352 e. The first-order valence-electron chi connectivity index (χ1n) is 14.1. The van der Waals surface area contributed by atoms with Crippen molar-refractivity contribution in [1.29, 1.82) is 0 Å². The number of Topliss-reactive ketones (excluding diaryl/α,β-unsaturated/α-hetero) is 3. The second-order valence-corrected chi connectivity index (χ2v) is 10.1. The molecule has 0 fully saturated rings. The number of ketones is 3. The Balaban J connectivity index is 0.000000411. The Morgan fingerprint density at radius 1 is 0.846 bits per heavy atom. The molecule has 1 N–H and O–H groups in total. The van der Waals surface area contributed by atoms with Crippen molar-refractivity contribution >= 4 is 34.0 Å². The molecule has 0 aliphatic carbocycles. The zero-order valence-electron chi connectivity index (χ0n) is 24.1. The summed E-state index contributed by atoms with van der Waals surface area (Å²) in [5.74, 6) is 0.645. The van der Waals surface area contributed by atoms with E-state index in [-0.39, 0.29) is 29.2 Å². The number of rotatable bonds is 13. The molecule has 1 unspecified atom stereocenters. The van der Waals surface area contributed by atoms with Gasteiger partial charge in [-0.25, -0.2) is 0 Å². The van der Waals surface area contributed by atoms with Gasteiger partial charge < -0.3 is 5.32 Å². The predicted octanol–water partition coefficient (Wildman–Crippen LogP) is 7.21. The molecule has 3 aromatic carbocycles. The van der Waals surface area contributed by atoms with Crippen molar-refractivity contribution in [3.8, 4) is 0 Å². The van der Waals surface area contributed by atoms with Gasteiger partial charge in [-0.2, -0.15) is 0 Å². The van der Waals surface area contributed by atoms with E-state index in [0.29, 0.717) is 38.6 Å². The molecule has 0 radical (unpaired) electrons. The molecule has 0 heterocycles. The number of nitrogens with one attached hydrogen (secondary N) is 1. The van der Waals surface area contributed by atoms with Crippen molar-refractivity contribution in [2.24, 2.45) is 5.92 Å². The Morgan fingerprint density at radius 3 is 2.23 bits per heavy atom. The number of carbonyl (C=O) groups is 4. The van der Waals surface area contributed by atoms with E-state index in [1.54, 1.807) is 6.92 Å². The van der Waals surface area contributed by atoms with Crippen molar-refractivity contribution in [2.75, 3.05) is 0 Å². The molecule has 1 atom stereocenters. The molecule has 5 heteroatoms. The van der Waals surface area contributed by atoms with Crippen LogP contribution in [0.4, 0.5) is 0 Å². The topological polar surface area (TPSA) is 80.3 Å². The van der Waals surface area contributed by atoms with E-state index < -0.39 is 0 Å². The largest absolute Gasteiger partial charge is 0.352 e. The van der Waals surface area contributed by atoms with Crippen molar-refractivity contribution in [3.05, 3.63) is 82.9 Å². The summed E-state index contributed by atoms with van der Waals surface area (Å²) in [6.45, 7) is 9.85. The van der Waals surface area contributed by atoms with Crippen LogP contribution in [0.1, 0.15) is 93.8 Å². The number of carbonyl (C=O) groups excluding carboxylic acids is 4. The quantitative estimate of drug-likeness (QED) is 0.237. The smallest absolute Gasteiger partial charge is 0.224 e. The third-order valence-electron chi connectivity index (χ3n) is 6.99. The highest BCUT2D eigenvalue weighted by Crippen LogP contribution is 2.19. The molecule has 0 aliphatic rings. The van der Waals surface area contributed by atoms with Crippen molar-refractivity contribution in [2.45, 2.75) is 86.1 Å². The third-order valence-corrected chi connectivity index (χ3v) is 6.99. The van der Waals surface area contributed by atoms with Crippen LogP contribution >= 0.6 is 0 Å². The van der Waals surface area contributed by atoms with Gasteiger partial charge in [0.1, 0.15) is 11.6 Å². The number of amides is 1. The average molecular weight is 530 g/mol. The molecule has 3 rings (SSSR count). The first-order chi connectivity index (χ1) is 18.7. The summed E-state index contributed by atoms with van der Waals surface area (Å²) in [7, 11) is 0. The lowest BCUT2D eigenvalue weighted by Crippen LogP contribution is -2.24. The molecule has 208 valence electrons. The van der Waals surface area contributed by atoms with E-state index in [1.807, 2.05) is 70.2 Å². The Hall–Kier alpha value is -3.60. The van der Waals surface area contributed by atoms with Crippen LogP contribution in [0.2, 0.25) is 0 Å². The van der Waals surface area contributed by atoms with Crippen LogP contribution in [0.15, 0.2) is 60.7 Å². The number of hydrogen-bond acceptors (Lipinski definition) is 4. The SMILES string of the molecule is CCC(=O)CCC(C)C(C)=O.CCCC(=O)c1ccc(CC(=O)NCc2cccc3ccccc23)cc1CC. The van der Waals surface area contributed by atoms with Gasteiger partial charge in [-0.05, 0) is 53.6 Å². The monoisotopic (exact) mass is 529 g/mol. The van der Waals surface area contributed by atoms with E-state index in [2.05, 4.69) is 23.5 Å². The molecular weight excluding hydrogens is 486 g/mol. The molecule has 0 aromatic heterocycles. The van der Waals surface area contributed by atoms with Crippen LogP contribution in [0.3, 0.4) is 0 Å². The Bertz CT molecular complexity index is 1270. The fraction of sp³-hybridized carbons (Fsp3) is 0.412. The fourth-order valence-electron chi connectivity index (χ4n) is 4.33. The molecule has 3 aromatic rings. The molecule has 1 amide bonds. The zero-order chi connectivity index (χ0) is 28.8. The summed E-state index contributed by atoms with van der Waals surface area (Å²) >= 11 is 0. The van der Waals surface area contributed by atoms with Gasteiger partial charge in [0.25, 0.3) is 0 Å². The summed E-state index contributed by atoms with van der Waals surface area (Å²) < 4.78 is 0. The highest BCUT2D eigenvalue weighted by Gasteiger charge is 2.12. The van der Waals surface area contributed by atoms with Crippen LogP contribution in [-0.2, 0) is 33.8 Å². The summed E-state index contributed by atoms with van der Waals surface area (Å²) in [5, 5.41) is 5.37. The van der Waals surface area contributed by atoms with Crippen molar-refractivity contribution in [1.82, 2.24) is 5.32 Å². The third kappa shape index (κ3) is 10.2. The highest BCUT2D eigenvalue weighted by atomic mass is 16.2. The Labute approximate surface area is 233 Å². The summed E-state index contributed by atoms with van der Waals surface area (Å²) in [5.41, 5.74) is 3.88. The van der Waals surface area contributed by atoms with E-state index in [0.717, 1.165) is 40.5 Å². The van der Waals surface area contributed by atoms with Gasteiger partial charge in [0.05, 0.1) is 6.42 Å². The first-order valence-corrected chi connectivity index (χ1v) is 14.1. The molecule has 0 spiro atoms.